The number of likely N-dealkylation sites (tertiary alicyclic amines) is 1. The highest BCUT2D eigenvalue weighted by Crippen LogP contribution is 2.34. The number of carbonyl (C=O) groups is 1. The number of methoxy groups -OCH3 is 1. The molecule has 2 aromatic heterocycles. The number of carbonyl (C=O) groups excluding carboxylic acids is 1. The second-order valence-corrected chi connectivity index (χ2v) is 10.1. The number of rotatable bonds is 6. The Kier molecular flexibility index (Phi) is 5.89. The predicted octanol–water partition coefficient (Wildman–Crippen LogP) is 3.82. The van der Waals surface area contributed by atoms with Crippen LogP contribution in [0.4, 0.5) is 5.69 Å². The number of aryl methyl sites for hydroxylation is 1. The molecule has 2 aromatic carbocycles. The van der Waals surface area contributed by atoms with Crippen LogP contribution in [0.2, 0.25) is 0 Å². The molecule has 10 heteroatoms. The Bertz CT molecular complexity index is 1500. The monoisotopic (exact) mass is 491 g/mol. The molecule has 1 aliphatic rings. The Morgan fingerprint density at radius 2 is 1.89 bits per heavy atom. The minimum absolute atomic E-state index is 0.102. The van der Waals surface area contributed by atoms with Crippen molar-refractivity contribution in [2.24, 2.45) is 0 Å². The van der Waals surface area contributed by atoms with E-state index in [2.05, 4.69) is 14.9 Å². The second kappa shape index (κ2) is 9.03. The molecule has 180 valence electrons. The van der Waals surface area contributed by atoms with Gasteiger partial charge in [0.1, 0.15) is 10.6 Å². The lowest BCUT2D eigenvalue weighted by molar-refractivity contribution is 0.0729. The lowest BCUT2D eigenvalue weighted by Crippen LogP contribution is -2.31. The highest BCUT2D eigenvalue weighted by atomic mass is 32.2. The van der Waals surface area contributed by atoms with Gasteiger partial charge in [0.2, 0.25) is 0 Å². The molecule has 1 fully saturated rings. The molecule has 9 nitrogen and oxygen atoms in total. The second-order valence-electron chi connectivity index (χ2n) is 8.48. The topological polar surface area (TPSA) is 106 Å². The van der Waals surface area contributed by atoms with Crippen LogP contribution in [-0.2, 0) is 10.0 Å². The number of amides is 1. The van der Waals surface area contributed by atoms with Crippen molar-refractivity contribution in [1.29, 1.82) is 0 Å². The summed E-state index contributed by atoms with van der Waals surface area (Å²) in [5.74, 6) is 0.575. The van der Waals surface area contributed by atoms with Crippen LogP contribution in [-0.4, -0.2) is 47.5 Å². The van der Waals surface area contributed by atoms with Crippen LogP contribution >= 0.6 is 0 Å². The number of anilines is 1. The summed E-state index contributed by atoms with van der Waals surface area (Å²) in [4.78, 5) is 15.2. The number of benzene rings is 2. The summed E-state index contributed by atoms with van der Waals surface area (Å²) in [7, 11) is -2.61. The largest absolute Gasteiger partial charge is 0.495 e. The summed E-state index contributed by atoms with van der Waals surface area (Å²) < 4.78 is 36.2. The van der Waals surface area contributed by atoms with Gasteiger partial charge in [0.25, 0.3) is 15.9 Å². The fourth-order valence-corrected chi connectivity index (χ4v) is 5.64. The van der Waals surface area contributed by atoms with Crippen molar-refractivity contribution < 1.29 is 17.9 Å². The zero-order valence-corrected chi connectivity index (χ0v) is 20.2. The molecule has 1 amide bonds. The highest BCUT2D eigenvalue weighted by Gasteiger charge is 2.34. The van der Waals surface area contributed by atoms with Crippen molar-refractivity contribution >= 4 is 27.3 Å². The van der Waals surface area contributed by atoms with Crippen LogP contribution in [0, 0.1) is 6.92 Å². The maximum absolute atomic E-state index is 13.6. The summed E-state index contributed by atoms with van der Waals surface area (Å²) in [6.45, 7) is 2.46. The number of sulfonamides is 1. The lowest BCUT2D eigenvalue weighted by atomic mass is 10.1. The molecule has 0 saturated carbocycles. The van der Waals surface area contributed by atoms with Gasteiger partial charge >= 0.3 is 0 Å². The molecule has 0 spiro atoms. The van der Waals surface area contributed by atoms with Crippen LogP contribution in [0.5, 0.6) is 5.75 Å². The first kappa shape index (κ1) is 22.9. The Hall–Kier alpha value is -3.92. The fraction of sp³-hybridized carbons (Fsp3) is 0.240. The Morgan fingerprint density at radius 3 is 2.66 bits per heavy atom. The van der Waals surface area contributed by atoms with E-state index >= 15 is 0 Å². The summed E-state index contributed by atoms with van der Waals surface area (Å²) in [5.41, 5.74) is 2.41. The number of aromatic nitrogens is 3. The number of hydrogen-bond acceptors (Lipinski definition) is 6. The van der Waals surface area contributed by atoms with Gasteiger partial charge in [-0.3, -0.25) is 13.9 Å². The van der Waals surface area contributed by atoms with Crippen molar-refractivity contribution in [2.75, 3.05) is 18.4 Å². The molecule has 35 heavy (non-hydrogen) atoms. The van der Waals surface area contributed by atoms with Crippen molar-refractivity contribution in [3.8, 4) is 5.75 Å². The summed E-state index contributed by atoms with van der Waals surface area (Å²) in [6.07, 6.45) is 3.44. The number of nitrogens with one attached hydrogen (secondary N) is 1. The number of ether oxygens (including phenoxy) is 1. The van der Waals surface area contributed by atoms with Gasteiger partial charge in [-0.1, -0.05) is 23.8 Å². The third-order valence-corrected chi connectivity index (χ3v) is 7.56. The molecule has 1 atom stereocenters. The maximum atomic E-state index is 13.6. The van der Waals surface area contributed by atoms with Crippen LogP contribution in [0.25, 0.3) is 5.65 Å². The molecule has 1 N–H and O–H groups in total. The van der Waals surface area contributed by atoms with E-state index in [1.165, 1.54) is 19.2 Å². The van der Waals surface area contributed by atoms with E-state index in [4.69, 9.17) is 4.74 Å². The average molecular weight is 492 g/mol. The van der Waals surface area contributed by atoms with E-state index < -0.39 is 10.0 Å². The molecule has 1 saturated heterocycles. The van der Waals surface area contributed by atoms with Crippen LogP contribution < -0.4 is 9.46 Å². The molecule has 5 rings (SSSR count). The van der Waals surface area contributed by atoms with Crippen molar-refractivity contribution in [3.05, 3.63) is 83.8 Å². The Balaban J connectivity index is 1.47. The summed E-state index contributed by atoms with van der Waals surface area (Å²) >= 11 is 0. The first-order chi connectivity index (χ1) is 16.9. The quantitative estimate of drug-likeness (QED) is 0.440. The van der Waals surface area contributed by atoms with Crippen molar-refractivity contribution in [1.82, 2.24) is 19.5 Å². The smallest absolute Gasteiger partial charge is 0.265 e. The molecule has 0 bridgehead atoms. The van der Waals surface area contributed by atoms with E-state index in [9.17, 15) is 13.2 Å². The maximum Gasteiger partial charge on any atom is 0.265 e. The van der Waals surface area contributed by atoms with E-state index in [0.717, 1.165) is 18.4 Å². The van der Waals surface area contributed by atoms with E-state index in [0.29, 0.717) is 23.7 Å². The minimum Gasteiger partial charge on any atom is -0.495 e. The Labute approximate surface area is 203 Å². The zero-order chi connectivity index (χ0) is 24.6. The molecular formula is C25H25N5O4S. The van der Waals surface area contributed by atoms with Crippen molar-refractivity contribution in [2.45, 2.75) is 30.7 Å². The van der Waals surface area contributed by atoms with Crippen LogP contribution in [0.15, 0.2) is 71.8 Å². The first-order valence-electron chi connectivity index (χ1n) is 11.3. The van der Waals surface area contributed by atoms with E-state index in [1.54, 1.807) is 23.1 Å². The van der Waals surface area contributed by atoms with Gasteiger partial charge in [-0.05, 0) is 62.2 Å². The van der Waals surface area contributed by atoms with Gasteiger partial charge in [-0.15, -0.1) is 10.2 Å². The minimum atomic E-state index is -4.01. The molecule has 1 aliphatic heterocycles. The van der Waals surface area contributed by atoms with E-state index in [-0.39, 0.29) is 28.2 Å². The number of hydrogen-bond donors (Lipinski definition) is 1. The standard InChI is InChI=1S/C25H25N5O4S/c1-17-8-11-19(12-9-17)28-35(32,33)22-16-18(10-13-21(22)34-2)25(31)29-15-5-6-20(29)24-27-26-23-7-3-4-14-30(23)24/h3-4,7-14,16,20,28H,5-6,15H2,1-2H3/t20-/m0/s1. The average Bonchev–Trinajstić information content (AvgIpc) is 3.51. The fourth-order valence-electron chi connectivity index (χ4n) is 4.38. The lowest BCUT2D eigenvalue weighted by Gasteiger charge is -2.24. The molecule has 3 heterocycles. The predicted molar refractivity (Wildman–Crippen MR) is 131 cm³/mol. The van der Waals surface area contributed by atoms with Gasteiger partial charge in [0, 0.05) is 24.0 Å². The van der Waals surface area contributed by atoms with Gasteiger partial charge in [-0.2, -0.15) is 0 Å². The van der Waals surface area contributed by atoms with Gasteiger partial charge in [-0.25, -0.2) is 8.42 Å². The SMILES string of the molecule is COc1ccc(C(=O)N2CCC[C@H]2c2nnc3ccccn23)cc1S(=O)(=O)Nc1ccc(C)cc1. The Morgan fingerprint density at radius 1 is 1.09 bits per heavy atom. The first-order valence-corrected chi connectivity index (χ1v) is 12.7. The molecular weight excluding hydrogens is 466 g/mol. The van der Waals surface area contributed by atoms with Gasteiger partial charge < -0.3 is 9.64 Å². The molecule has 0 aliphatic carbocycles. The highest BCUT2D eigenvalue weighted by molar-refractivity contribution is 7.92. The molecule has 4 aromatic rings. The third-order valence-electron chi connectivity index (χ3n) is 6.16. The number of nitrogens with zero attached hydrogens (tertiary/aromatic N) is 4. The van der Waals surface area contributed by atoms with Crippen LogP contribution in [0.3, 0.4) is 0 Å². The van der Waals surface area contributed by atoms with E-state index in [1.807, 2.05) is 47.9 Å². The number of pyridine rings is 1. The normalized spacial score (nSPS) is 15.9. The molecule has 0 radical (unpaired) electrons. The van der Waals surface area contributed by atoms with Gasteiger partial charge in [0.05, 0.1) is 13.2 Å². The van der Waals surface area contributed by atoms with Crippen LogP contribution in [0.1, 0.15) is 40.6 Å². The third kappa shape index (κ3) is 4.32. The van der Waals surface area contributed by atoms with Crippen molar-refractivity contribution in [3.63, 3.8) is 0 Å². The zero-order valence-electron chi connectivity index (χ0n) is 19.4. The summed E-state index contributed by atoms with van der Waals surface area (Å²) in [5, 5.41) is 8.55. The summed E-state index contributed by atoms with van der Waals surface area (Å²) in [6, 6.07) is 16.9. The van der Waals surface area contributed by atoms with Gasteiger partial charge in [0.15, 0.2) is 11.5 Å². The molecule has 0 unspecified atom stereocenters. The number of fused-ring (bicyclic) bond motifs is 1.